The van der Waals surface area contributed by atoms with Gasteiger partial charge in [0.1, 0.15) is 10.6 Å². The number of carbonyl (C=O) groups excluding carboxylic acids is 1. The third-order valence-electron chi connectivity index (χ3n) is 4.11. The molecule has 3 rings (SSSR count). The molecule has 0 bridgehead atoms. The van der Waals surface area contributed by atoms with E-state index in [4.69, 9.17) is 4.52 Å². The number of carbonyl (C=O) groups is 1. The van der Waals surface area contributed by atoms with Crippen molar-refractivity contribution < 1.29 is 17.7 Å². The summed E-state index contributed by atoms with van der Waals surface area (Å²) in [5, 5.41) is 3.71. The third-order valence-corrected chi connectivity index (χ3v) is 6.26. The van der Waals surface area contributed by atoms with E-state index in [1.54, 1.807) is 30.9 Å². The van der Waals surface area contributed by atoms with Crippen LogP contribution in [0.3, 0.4) is 0 Å². The van der Waals surface area contributed by atoms with Gasteiger partial charge in [-0.3, -0.25) is 4.79 Å². The van der Waals surface area contributed by atoms with E-state index in [9.17, 15) is 13.2 Å². The van der Waals surface area contributed by atoms with Crippen LogP contribution in [-0.2, 0) is 10.0 Å². The molecule has 0 aliphatic carbocycles. The fourth-order valence-electron chi connectivity index (χ4n) is 2.87. The number of sulfonamides is 1. The van der Waals surface area contributed by atoms with Gasteiger partial charge in [-0.25, -0.2) is 8.42 Å². The van der Waals surface area contributed by atoms with Gasteiger partial charge in [-0.1, -0.05) is 23.4 Å². The summed E-state index contributed by atoms with van der Waals surface area (Å²) < 4.78 is 31.9. The summed E-state index contributed by atoms with van der Waals surface area (Å²) in [4.78, 5) is 14.2. The Hall–Kier alpha value is -2.19. The van der Waals surface area contributed by atoms with Crippen molar-refractivity contribution in [2.24, 2.45) is 0 Å². The lowest BCUT2D eigenvalue weighted by Gasteiger charge is -2.34. The molecule has 1 aliphatic rings. The van der Waals surface area contributed by atoms with Gasteiger partial charge < -0.3 is 9.42 Å². The lowest BCUT2D eigenvalue weighted by molar-refractivity contribution is 0.0698. The van der Waals surface area contributed by atoms with Crippen molar-refractivity contribution in [3.8, 4) is 0 Å². The van der Waals surface area contributed by atoms with Crippen LogP contribution in [0.2, 0.25) is 0 Å². The molecule has 0 radical (unpaired) electrons. The van der Waals surface area contributed by atoms with E-state index < -0.39 is 10.0 Å². The molecule has 1 aromatic carbocycles. The fraction of sp³-hybridized carbons (Fsp3) is 0.375. The lowest BCUT2D eigenvalue weighted by Crippen LogP contribution is -2.50. The van der Waals surface area contributed by atoms with Gasteiger partial charge in [0.15, 0.2) is 5.76 Å². The number of aromatic nitrogens is 1. The van der Waals surface area contributed by atoms with Crippen LogP contribution in [-0.4, -0.2) is 54.9 Å². The SMILES string of the molecule is Cc1noc(C)c1S(=O)(=O)N1CCN(C(=O)c2ccccc2)CC1. The van der Waals surface area contributed by atoms with Gasteiger partial charge in [-0.2, -0.15) is 4.31 Å². The van der Waals surface area contributed by atoms with E-state index in [1.807, 2.05) is 18.2 Å². The van der Waals surface area contributed by atoms with Gasteiger partial charge in [0.25, 0.3) is 5.91 Å². The molecule has 0 unspecified atom stereocenters. The second-order valence-corrected chi connectivity index (χ2v) is 7.59. The van der Waals surface area contributed by atoms with Crippen LogP contribution in [0.4, 0.5) is 0 Å². The average Bonchev–Trinajstić information content (AvgIpc) is 2.94. The largest absolute Gasteiger partial charge is 0.360 e. The Morgan fingerprint density at radius 3 is 2.25 bits per heavy atom. The summed E-state index contributed by atoms with van der Waals surface area (Å²) in [6, 6.07) is 8.99. The molecule has 1 aliphatic heterocycles. The summed E-state index contributed by atoms with van der Waals surface area (Å²) in [7, 11) is -3.65. The Morgan fingerprint density at radius 2 is 1.71 bits per heavy atom. The van der Waals surface area contributed by atoms with Crippen LogP contribution in [0.15, 0.2) is 39.8 Å². The van der Waals surface area contributed by atoms with Gasteiger partial charge in [-0.05, 0) is 26.0 Å². The smallest absolute Gasteiger partial charge is 0.253 e. The standard InChI is InChI=1S/C16H19N3O4S/c1-12-15(13(2)23-17-12)24(21,22)19-10-8-18(9-11-19)16(20)14-6-4-3-5-7-14/h3-7H,8-11H2,1-2H3. The molecule has 1 saturated heterocycles. The van der Waals surface area contributed by atoms with E-state index in [0.717, 1.165) is 0 Å². The zero-order chi connectivity index (χ0) is 17.3. The molecule has 2 heterocycles. The first-order chi connectivity index (χ1) is 11.4. The summed E-state index contributed by atoms with van der Waals surface area (Å²) in [5.41, 5.74) is 0.967. The molecule has 0 atom stereocenters. The van der Waals surface area contributed by atoms with Crippen molar-refractivity contribution in [3.05, 3.63) is 47.3 Å². The monoisotopic (exact) mass is 349 g/mol. The maximum Gasteiger partial charge on any atom is 0.253 e. The van der Waals surface area contributed by atoms with E-state index in [1.165, 1.54) is 4.31 Å². The molecular formula is C16H19N3O4S. The van der Waals surface area contributed by atoms with Crippen LogP contribution in [0, 0.1) is 13.8 Å². The third kappa shape index (κ3) is 2.94. The van der Waals surface area contributed by atoms with E-state index in [2.05, 4.69) is 5.16 Å². The number of nitrogens with zero attached hydrogens (tertiary/aromatic N) is 3. The minimum Gasteiger partial charge on any atom is -0.360 e. The summed E-state index contributed by atoms with van der Waals surface area (Å²) in [6.45, 7) is 4.42. The molecule has 24 heavy (non-hydrogen) atoms. The van der Waals surface area contributed by atoms with Crippen molar-refractivity contribution in [2.75, 3.05) is 26.2 Å². The average molecular weight is 349 g/mol. The maximum absolute atomic E-state index is 12.8. The minimum atomic E-state index is -3.65. The predicted octanol–water partition coefficient (Wildman–Crippen LogP) is 1.44. The van der Waals surface area contributed by atoms with Crippen molar-refractivity contribution in [3.63, 3.8) is 0 Å². The Morgan fingerprint density at radius 1 is 1.08 bits per heavy atom. The predicted molar refractivity (Wildman–Crippen MR) is 87.1 cm³/mol. The summed E-state index contributed by atoms with van der Waals surface area (Å²) in [6.07, 6.45) is 0. The number of hydrogen-bond donors (Lipinski definition) is 0. The summed E-state index contributed by atoms with van der Waals surface area (Å²) in [5.74, 6) is 0.209. The molecule has 0 spiro atoms. The number of amides is 1. The highest BCUT2D eigenvalue weighted by atomic mass is 32.2. The van der Waals surface area contributed by atoms with Gasteiger partial charge in [0.05, 0.1) is 0 Å². The Labute approximate surface area is 140 Å². The van der Waals surface area contributed by atoms with Gasteiger partial charge in [-0.15, -0.1) is 0 Å². The molecule has 128 valence electrons. The number of hydrogen-bond acceptors (Lipinski definition) is 5. The van der Waals surface area contributed by atoms with E-state index >= 15 is 0 Å². The molecule has 0 N–H and O–H groups in total. The van der Waals surface area contributed by atoms with E-state index in [-0.39, 0.29) is 29.7 Å². The van der Waals surface area contributed by atoms with Crippen molar-refractivity contribution in [1.82, 2.24) is 14.4 Å². The van der Waals surface area contributed by atoms with Crippen LogP contribution in [0.5, 0.6) is 0 Å². The first-order valence-corrected chi connectivity index (χ1v) is 9.12. The minimum absolute atomic E-state index is 0.0787. The second-order valence-electron chi connectivity index (χ2n) is 5.72. The highest BCUT2D eigenvalue weighted by Gasteiger charge is 2.34. The zero-order valence-corrected chi connectivity index (χ0v) is 14.4. The molecule has 7 nitrogen and oxygen atoms in total. The van der Waals surface area contributed by atoms with Gasteiger partial charge in [0.2, 0.25) is 10.0 Å². The first-order valence-electron chi connectivity index (χ1n) is 7.68. The number of piperazine rings is 1. The Kier molecular flexibility index (Phi) is 4.42. The topological polar surface area (TPSA) is 83.7 Å². The van der Waals surface area contributed by atoms with E-state index in [0.29, 0.717) is 24.3 Å². The van der Waals surface area contributed by atoms with Crippen molar-refractivity contribution in [2.45, 2.75) is 18.7 Å². The molecule has 8 heteroatoms. The van der Waals surface area contributed by atoms with Crippen LogP contribution in [0.1, 0.15) is 21.8 Å². The Bertz CT molecular complexity index is 818. The normalized spacial score (nSPS) is 16.3. The highest BCUT2D eigenvalue weighted by Crippen LogP contribution is 2.24. The molecule has 1 fully saturated rings. The quantitative estimate of drug-likeness (QED) is 0.837. The van der Waals surface area contributed by atoms with Gasteiger partial charge >= 0.3 is 0 Å². The number of rotatable bonds is 3. The second kappa shape index (κ2) is 6.37. The highest BCUT2D eigenvalue weighted by molar-refractivity contribution is 7.89. The molecule has 0 saturated carbocycles. The zero-order valence-electron chi connectivity index (χ0n) is 13.6. The van der Waals surface area contributed by atoms with Gasteiger partial charge in [0, 0.05) is 31.7 Å². The maximum atomic E-state index is 12.8. The lowest BCUT2D eigenvalue weighted by atomic mass is 10.2. The number of benzene rings is 1. The molecule has 1 aromatic heterocycles. The van der Waals surface area contributed by atoms with Crippen molar-refractivity contribution >= 4 is 15.9 Å². The van der Waals surface area contributed by atoms with Crippen LogP contribution >= 0.6 is 0 Å². The number of aryl methyl sites for hydroxylation is 2. The first kappa shape index (κ1) is 16.7. The van der Waals surface area contributed by atoms with Crippen LogP contribution < -0.4 is 0 Å². The summed E-state index contributed by atoms with van der Waals surface area (Å²) >= 11 is 0. The molecule has 1 amide bonds. The van der Waals surface area contributed by atoms with Crippen LogP contribution in [0.25, 0.3) is 0 Å². The van der Waals surface area contributed by atoms with Crippen molar-refractivity contribution in [1.29, 1.82) is 0 Å². The fourth-order valence-corrected chi connectivity index (χ4v) is 4.58. The molecule has 2 aromatic rings. The molecular weight excluding hydrogens is 330 g/mol. The Balaban J connectivity index is 1.72.